The standard InChI is InChI=1S/C23H27N3O2S/c27-21(9-8-18-5-2-1-3-6-18)25-14-10-19(11-15-25)23(28)26-13-4-7-20(17-26)22-24-12-16-29-22/h1-3,5-6,8-9,12,16,19-20H,4,7,10-11,13-15,17H2/b9-8+. The zero-order chi connectivity index (χ0) is 20.1. The van der Waals surface area contributed by atoms with Gasteiger partial charge >= 0.3 is 0 Å². The van der Waals surface area contributed by atoms with Gasteiger partial charge in [0.1, 0.15) is 0 Å². The topological polar surface area (TPSA) is 53.5 Å². The maximum atomic E-state index is 13.0. The number of rotatable bonds is 4. The minimum absolute atomic E-state index is 0.0292. The van der Waals surface area contributed by atoms with E-state index < -0.39 is 0 Å². The van der Waals surface area contributed by atoms with Gasteiger partial charge in [-0.3, -0.25) is 9.59 Å². The fourth-order valence-corrected chi connectivity index (χ4v) is 5.02. The Hall–Kier alpha value is -2.47. The van der Waals surface area contributed by atoms with E-state index >= 15 is 0 Å². The molecule has 29 heavy (non-hydrogen) atoms. The van der Waals surface area contributed by atoms with Crippen LogP contribution in [0.5, 0.6) is 0 Å². The Bertz CT molecular complexity index is 842. The molecule has 3 heterocycles. The maximum absolute atomic E-state index is 13.0. The number of hydrogen-bond acceptors (Lipinski definition) is 4. The fraction of sp³-hybridized carbons (Fsp3) is 0.435. The molecule has 0 radical (unpaired) electrons. The summed E-state index contributed by atoms with van der Waals surface area (Å²) in [5.41, 5.74) is 1.02. The number of piperidine rings is 2. The van der Waals surface area contributed by atoms with E-state index in [1.165, 1.54) is 0 Å². The number of thiazole rings is 1. The van der Waals surface area contributed by atoms with Crippen LogP contribution < -0.4 is 0 Å². The van der Waals surface area contributed by atoms with Crippen molar-refractivity contribution >= 4 is 29.2 Å². The van der Waals surface area contributed by atoms with Crippen LogP contribution >= 0.6 is 11.3 Å². The lowest BCUT2D eigenvalue weighted by Crippen LogP contribution is -2.46. The molecule has 2 aromatic rings. The molecule has 4 rings (SSSR count). The molecule has 2 aliphatic rings. The number of benzene rings is 1. The Balaban J connectivity index is 1.28. The van der Waals surface area contributed by atoms with Crippen molar-refractivity contribution in [1.29, 1.82) is 0 Å². The molecule has 152 valence electrons. The lowest BCUT2D eigenvalue weighted by Gasteiger charge is -2.37. The third-order valence-corrected chi connectivity index (χ3v) is 6.85. The first-order chi connectivity index (χ1) is 14.2. The molecule has 1 aromatic heterocycles. The van der Waals surface area contributed by atoms with Crippen molar-refractivity contribution in [2.45, 2.75) is 31.6 Å². The van der Waals surface area contributed by atoms with Gasteiger partial charge in [0.25, 0.3) is 0 Å². The third kappa shape index (κ3) is 4.93. The van der Waals surface area contributed by atoms with Crippen molar-refractivity contribution in [2.24, 2.45) is 5.92 Å². The molecule has 6 heteroatoms. The monoisotopic (exact) mass is 409 g/mol. The van der Waals surface area contributed by atoms with Crippen molar-refractivity contribution in [3.63, 3.8) is 0 Å². The van der Waals surface area contributed by atoms with Crippen LogP contribution in [-0.4, -0.2) is 52.8 Å². The molecule has 0 N–H and O–H groups in total. The van der Waals surface area contributed by atoms with Crippen molar-refractivity contribution in [1.82, 2.24) is 14.8 Å². The third-order valence-electron chi connectivity index (χ3n) is 5.91. The molecule has 0 aliphatic carbocycles. The average Bonchev–Trinajstić information content (AvgIpc) is 3.33. The van der Waals surface area contributed by atoms with E-state index in [1.807, 2.05) is 57.8 Å². The second-order valence-electron chi connectivity index (χ2n) is 7.84. The van der Waals surface area contributed by atoms with E-state index in [1.54, 1.807) is 17.4 Å². The van der Waals surface area contributed by atoms with Gasteiger partial charge in [-0.2, -0.15) is 0 Å². The Morgan fingerprint density at radius 1 is 1.03 bits per heavy atom. The largest absolute Gasteiger partial charge is 0.342 e. The van der Waals surface area contributed by atoms with Crippen LogP contribution in [0.15, 0.2) is 48.0 Å². The van der Waals surface area contributed by atoms with Crippen LogP contribution in [0.1, 0.15) is 42.2 Å². The van der Waals surface area contributed by atoms with Crippen LogP contribution in [-0.2, 0) is 9.59 Å². The Labute approximate surface area is 176 Å². The van der Waals surface area contributed by atoms with Gasteiger partial charge in [0.2, 0.25) is 11.8 Å². The number of hydrogen-bond donors (Lipinski definition) is 0. The summed E-state index contributed by atoms with van der Waals surface area (Å²) < 4.78 is 0. The summed E-state index contributed by atoms with van der Waals surface area (Å²) in [6.45, 7) is 2.93. The zero-order valence-corrected chi connectivity index (χ0v) is 17.4. The van der Waals surface area contributed by atoms with E-state index in [0.29, 0.717) is 19.0 Å². The zero-order valence-electron chi connectivity index (χ0n) is 16.6. The fourth-order valence-electron chi connectivity index (χ4n) is 4.26. The normalized spacial score (nSPS) is 20.9. The van der Waals surface area contributed by atoms with Gasteiger partial charge in [-0.05, 0) is 37.3 Å². The van der Waals surface area contributed by atoms with E-state index in [0.717, 1.165) is 49.3 Å². The van der Waals surface area contributed by atoms with E-state index in [4.69, 9.17) is 0 Å². The van der Waals surface area contributed by atoms with Gasteiger partial charge in [0.05, 0.1) is 5.01 Å². The molecule has 1 aromatic carbocycles. The summed E-state index contributed by atoms with van der Waals surface area (Å²) >= 11 is 1.69. The van der Waals surface area contributed by atoms with Gasteiger partial charge in [-0.1, -0.05) is 30.3 Å². The summed E-state index contributed by atoms with van der Waals surface area (Å²) in [5, 5.41) is 3.16. The second-order valence-corrected chi connectivity index (χ2v) is 8.76. The first-order valence-electron chi connectivity index (χ1n) is 10.4. The highest BCUT2D eigenvalue weighted by molar-refractivity contribution is 7.09. The summed E-state index contributed by atoms with van der Waals surface area (Å²) in [6, 6.07) is 9.84. The highest BCUT2D eigenvalue weighted by Crippen LogP contribution is 2.30. The van der Waals surface area contributed by atoms with Gasteiger partial charge in [0, 0.05) is 55.7 Å². The molecular weight excluding hydrogens is 382 g/mol. The molecular formula is C23H27N3O2S. The number of amides is 2. The van der Waals surface area contributed by atoms with Crippen molar-refractivity contribution < 1.29 is 9.59 Å². The molecule has 2 fully saturated rings. The van der Waals surface area contributed by atoms with Crippen LogP contribution in [0.3, 0.4) is 0 Å². The number of nitrogens with zero attached hydrogens (tertiary/aromatic N) is 3. The highest BCUT2D eigenvalue weighted by Gasteiger charge is 2.33. The van der Waals surface area contributed by atoms with Crippen LogP contribution in [0.25, 0.3) is 6.08 Å². The van der Waals surface area contributed by atoms with Gasteiger partial charge < -0.3 is 9.80 Å². The minimum Gasteiger partial charge on any atom is -0.342 e. The molecule has 1 atom stereocenters. The summed E-state index contributed by atoms with van der Waals surface area (Å²) in [6.07, 6.45) is 8.99. The second kappa shape index (κ2) is 9.35. The predicted molar refractivity (Wildman–Crippen MR) is 115 cm³/mol. The van der Waals surface area contributed by atoms with Crippen LogP contribution in [0, 0.1) is 5.92 Å². The van der Waals surface area contributed by atoms with Gasteiger partial charge in [0.15, 0.2) is 0 Å². The first kappa shape index (κ1) is 19.8. The summed E-state index contributed by atoms with van der Waals surface area (Å²) in [7, 11) is 0. The predicted octanol–water partition coefficient (Wildman–Crippen LogP) is 3.80. The molecule has 0 spiro atoms. The SMILES string of the molecule is O=C(/C=C/c1ccccc1)N1CCC(C(=O)N2CCCC(c3nccs3)C2)CC1. The smallest absolute Gasteiger partial charge is 0.246 e. The molecule has 2 saturated heterocycles. The highest BCUT2D eigenvalue weighted by atomic mass is 32.1. The number of carbonyl (C=O) groups is 2. The van der Waals surface area contributed by atoms with Crippen molar-refractivity contribution in [3.8, 4) is 0 Å². The average molecular weight is 410 g/mol. The molecule has 0 bridgehead atoms. The Morgan fingerprint density at radius 3 is 2.55 bits per heavy atom. The number of carbonyl (C=O) groups excluding carboxylic acids is 2. The van der Waals surface area contributed by atoms with Crippen molar-refractivity contribution in [3.05, 3.63) is 58.6 Å². The molecule has 2 aliphatic heterocycles. The Morgan fingerprint density at radius 2 is 1.83 bits per heavy atom. The van der Waals surface area contributed by atoms with Gasteiger partial charge in [-0.25, -0.2) is 4.98 Å². The van der Waals surface area contributed by atoms with Crippen LogP contribution in [0.4, 0.5) is 0 Å². The lowest BCUT2D eigenvalue weighted by atomic mass is 9.92. The van der Waals surface area contributed by atoms with E-state index in [2.05, 4.69) is 4.98 Å². The lowest BCUT2D eigenvalue weighted by molar-refractivity contribution is -0.140. The van der Waals surface area contributed by atoms with E-state index in [9.17, 15) is 9.59 Å². The van der Waals surface area contributed by atoms with E-state index in [-0.39, 0.29) is 17.7 Å². The first-order valence-corrected chi connectivity index (χ1v) is 11.3. The maximum Gasteiger partial charge on any atom is 0.246 e. The number of aromatic nitrogens is 1. The minimum atomic E-state index is 0.0292. The van der Waals surface area contributed by atoms with Crippen LogP contribution in [0.2, 0.25) is 0 Å². The molecule has 2 amide bonds. The molecule has 1 unspecified atom stereocenters. The summed E-state index contributed by atoms with van der Waals surface area (Å²) in [5.74, 6) is 0.699. The van der Waals surface area contributed by atoms with Gasteiger partial charge in [-0.15, -0.1) is 11.3 Å². The quantitative estimate of drug-likeness (QED) is 0.722. The Kier molecular flexibility index (Phi) is 6.39. The van der Waals surface area contributed by atoms with Crippen molar-refractivity contribution in [2.75, 3.05) is 26.2 Å². The summed E-state index contributed by atoms with van der Waals surface area (Å²) in [4.78, 5) is 33.8. The number of likely N-dealkylation sites (tertiary alicyclic amines) is 2. The molecule has 0 saturated carbocycles. The molecule has 5 nitrogen and oxygen atoms in total.